The van der Waals surface area contributed by atoms with Gasteiger partial charge in [-0.3, -0.25) is 9.59 Å². The maximum Gasteiger partial charge on any atom is 0.407 e. The van der Waals surface area contributed by atoms with Crippen molar-refractivity contribution in [3.63, 3.8) is 0 Å². The van der Waals surface area contributed by atoms with Gasteiger partial charge >= 0.3 is 12.1 Å². The lowest BCUT2D eigenvalue weighted by Crippen LogP contribution is -2.50. The van der Waals surface area contributed by atoms with Gasteiger partial charge in [0.25, 0.3) is 0 Å². The molecule has 0 rings (SSSR count). The Balaban J connectivity index is 4.80. The third-order valence-electron chi connectivity index (χ3n) is 3.16. The molecule has 0 saturated carbocycles. The van der Waals surface area contributed by atoms with Gasteiger partial charge in [0.05, 0.1) is 12.5 Å². The van der Waals surface area contributed by atoms with E-state index in [0.29, 0.717) is 6.42 Å². The van der Waals surface area contributed by atoms with Gasteiger partial charge in [0.2, 0.25) is 5.91 Å². The topological polar surface area (TPSA) is 93.7 Å². The number of nitrogens with one attached hydrogen (secondary N) is 2. The van der Waals surface area contributed by atoms with Crippen LogP contribution in [0.4, 0.5) is 4.79 Å². The Morgan fingerprint density at radius 3 is 2.00 bits per heavy atom. The molecule has 1 atom stereocenters. The summed E-state index contributed by atoms with van der Waals surface area (Å²) < 4.78 is 9.91. The van der Waals surface area contributed by atoms with Crippen molar-refractivity contribution < 1.29 is 23.9 Å². The summed E-state index contributed by atoms with van der Waals surface area (Å²) >= 11 is 0. The highest BCUT2D eigenvalue weighted by Gasteiger charge is 2.34. The first kappa shape index (κ1) is 22.2. The maximum absolute atomic E-state index is 12.4. The number of esters is 1. The third kappa shape index (κ3) is 8.74. The third-order valence-corrected chi connectivity index (χ3v) is 3.16. The summed E-state index contributed by atoms with van der Waals surface area (Å²) in [4.78, 5) is 35.9. The lowest BCUT2D eigenvalue weighted by Gasteiger charge is -2.29. The fraction of sp³-hybridized carbons (Fsp3) is 0.824. The van der Waals surface area contributed by atoms with E-state index >= 15 is 0 Å². The van der Waals surface area contributed by atoms with Crippen LogP contribution < -0.4 is 10.6 Å². The Morgan fingerprint density at radius 2 is 1.58 bits per heavy atom. The van der Waals surface area contributed by atoms with Gasteiger partial charge in [-0.25, -0.2) is 4.79 Å². The molecule has 0 aliphatic rings. The number of hydrogen-bond acceptors (Lipinski definition) is 5. The van der Waals surface area contributed by atoms with Crippen LogP contribution in [-0.2, 0) is 19.1 Å². The first-order valence-corrected chi connectivity index (χ1v) is 8.14. The molecule has 2 N–H and O–H groups in total. The smallest absolute Gasteiger partial charge is 0.407 e. The molecule has 0 aliphatic carbocycles. The first-order valence-electron chi connectivity index (χ1n) is 8.14. The van der Waals surface area contributed by atoms with E-state index in [2.05, 4.69) is 15.4 Å². The van der Waals surface area contributed by atoms with Crippen LogP contribution in [-0.4, -0.2) is 43.3 Å². The molecule has 0 aromatic heterocycles. The van der Waals surface area contributed by atoms with E-state index in [9.17, 15) is 14.4 Å². The number of amides is 2. The number of carbonyl (C=O) groups excluding carboxylic acids is 3. The Bertz CT molecular complexity index is 452. The molecule has 0 unspecified atom stereocenters. The van der Waals surface area contributed by atoms with Gasteiger partial charge in [-0.1, -0.05) is 13.8 Å². The molecular weight excluding hydrogens is 312 g/mol. The van der Waals surface area contributed by atoms with Gasteiger partial charge in [-0.2, -0.15) is 0 Å². The molecule has 0 bridgehead atoms. The Hall–Kier alpha value is -1.79. The fourth-order valence-corrected chi connectivity index (χ4v) is 1.82. The highest BCUT2D eigenvalue weighted by Crippen LogP contribution is 2.20. The van der Waals surface area contributed by atoms with Crippen molar-refractivity contribution in [1.29, 1.82) is 0 Å². The van der Waals surface area contributed by atoms with E-state index in [0.717, 1.165) is 0 Å². The molecule has 0 heterocycles. The second-order valence-corrected chi connectivity index (χ2v) is 7.92. The lowest BCUT2D eigenvalue weighted by atomic mass is 9.93. The van der Waals surface area contributed by atoms with Gasteiger partial charge in [-0.05, 0) is 47.0 Å². The van der Waals surface area contributed by atoms with Gasteiger partial charge in [-0.15, -0.1) is 0 Å². The fourth-order valence-electron chi connectivity index (χ4n) is 1.82. The normalized spacial score (nSPS) is 13.2. The number of hydrogen-bond donors (Lipinski definition) is 2. The van der Waals surface area contributed by atoms with Crippen molar-refractivity contribution in [3.05, 3.63) is 0 Å². The Morgan fingerprint density at radius 1 is 1.04 bits per heavy atom. The second kappa shape index (κ2) is 8.89. The molecule has 0 fully saturated rings. The van der Waals surface area contributed by atoms with Crippen molar-refractivity contribution in [2.45, 2.75) is 66.5 Å². The zero-order chi connectivity index (χ0) is 19.1. The van der Waals surface area contributed by atoms with Gasteiger partial charge < -0.3 is 20.1 Å². The highest BCUT2D eigenvalue weighted by molar-refractivity contribution is 5.86. The van der Waals surface area contributed by atoms with Gasteiger partial charge in [0, 0.05) is 6.54 Å². The van der Waals surface area contributed by atoms with Crippen LogP contribution in [0, 0.1) is 11.3 Å². The van der Waals surface area contributed by atoms with Crippen LogP contribution >= 0.6 is 0 Å². The average Bonchev–Trinajstić information content (AvgIpc) is 2.41. The molecule has 2 amide bonds. The molecule has 0 aromatic rings. The lowest BCUT2D eigenvalue weighted by molar-refractivity contribution is -0.165. The van der Waals surface area contributed by atoms with E-state index in [4.69, 9.17) is 4.74 Å². The maximum atomic E-state index is 12.4. The van der Waals surface area contributed by atoms with Crippen molar-refractivity contribution in [1.82, 2.24) is 10.6 Å². The second-order valence-electron chi connectivity index (χ2n) is 7.92. The summed E-state index contributed by atoms with van der Waals surface area (Å²) in [6.45, 7) is 12.8. The molecule has 0 aliphatic heterocycles. The summed E-state index contributed by atoms with van der Waals surface area (Å²) in [5.74, 6) is -0.542. The molecular formula is C17H32N2O5. The Labute approximate surface area is 144 Å². The summed E-state index contributed by atoms with van der Waals surface area (Å²) in [5.41, 5.74) is -1.47. The van der Waals surface area contributed by atoms with Crippen molar-refractivity contribution >= 4 is 18.0 Å². The molecule has 0 spiro atoms. The monoisotopic (exact) mass is 344 g/mol. The number of methoxy groups -OCH3 is 1. The van der Waals surface area contributed by atoms with E-state index in [1.165, 1.54) is 7.11 Å². The standard InChI is InChI=1S/C17H32N2O5/c1-11(2)9-12(19-15(22)23-8)13(20)18-10-17(6,7)14(21)24-16(3,4)5/h11-12H,9-10H2,1-8H3,(H,18,20)(H,19,22)/t12-/m0/s1. The van der Waals surface area contributed by atoms with Crippen LogP contribution in [0.25, 0.3) is 0 Å². The highest BCUT2D eigenvalue weighted by atomic mass is 16.6. The van der Waals surface area contributed by atoms with E-state index in [1.807, 2.05) is 13.8 Å². The van der Waals surface area contributed by atoms with Crippen LogP contribution in [0.15, 0.2) is 0 Å². The largest absolute Gasteiger partial charge is 0.460 e. The summed E-state index contributed by atoms with van der Waals surface area (Å²) in [6.07, 6.45) is -0.199. The molecule has 0 radical (unpaired) electrons. The summed E-state index contributed by atoms with van der Waals surface area (Å²) in [6, 6.07) is -0.716. The molecule has 0 aromatic carbocycles. The van der Waals surface area contributed by atoms with Crippen molar-refractivity contribution in [3.8, 4) is 0 Å². The van der Waals surface area contributed by atoms with E-state index < -0.39 is 29.1 Å². The zero-order valence-electron chi connectivity index (χ0n) is 16.1. The predicted molar refractivity (Wildman–Crippen MR) is 91.4 cm³/mol. The number of rotatable bonds is 7. The molecule has 0 saturated heterocycles. The first-order chi connectivity index (χ1) is 10.8. The summed E-state index contributed by atoms with van der Waals surface area (Å²) in [5, 5.41) is 5.23. The van der Waals surface area contributed by atoms with Crippen LogP contribution in [0.2, 0.25) is 0 Å². The molecule has 7 heteroatoms. The van der Waals surface area contributed by atoms with E-state index in [-0.39, 0.29) is 18.4 Å². The number of ether oxygens (including phenoxy) is 2. The van der Waals surface area contributed by atoms with E-state index in [1.54, 1.807) is 34.6 Å². The van der Waals surface area contributed by atoms with Gasteiger partial charge in [0.15, 0.2) is 0 Å². The van der Waals surface area contributed by atoms with Crippen molar-refractivity contribution in [2.75, 3.05) is 13.7 Å². The molecule has 7 nitrogen and oxygen atoms in total. The zero-order valence-corrected chi connectivity index (χ0v) is 16.1. The Kier molecular flexibility index (Phi) is 8.23. The quantitative estimate of drug-likeness (QED) is 0.691. The van der Waals surface area contributed by atoms with Crippen LogP contribution in [0.5, 0.6) is 0 Å². The minimum Gasteiger partial charge on any atom is -0.460 e. The van der Waals surface area contributed by atoms with Crippen LogP contribution in [0.3, 0.4) is 0 Å². The summed E-state index contributed by atoms with van der Waals surface area (Å²) in [7, 11) is 1.24. The number of carbonyl (C=O) groups is 3. The minimum atomic E-state index is -0.878. The molecule has 24 heavy (non-hydrogen) atoms. The van der Waals surface area contributed by atoms with Crippen molar-refractivity contribution in [2.24, 2.45) is 11.3 Å². The minimum absolute atomic E-state index is 0.109. The SMILES string of the molecule is COC(=O)N[C@@H](CC(C)C)C(=O)NCC(C)(C)C(=O)OC(C)(C)C. The average molecular weight is 344 g/mol. The molecule has 140 valence electrons. The van der Waals surface area contributed by atoms with Gasteiger partial charge in [0.1, 0.15) is 11.6 Å². The van der Waals surface area contributed by atoms with Crippen LogP contribution in [0.1, 0.15) is 54.9 Å². The predicted octanol–water partition coefficient (Wildman–Crippen LogP) is 2.24. The number of alkyl carbamates (subject to hydrolysis) is 1.